The molecule has 2 saturated heterocycles. The van der Waals surface area contributed by atoms with Gasteiger partial charge in [0.15, 0.2) is 6.61 Å². The quantitative estimate of drug-likeness (QED) is 0.668. The van der Waals surface area contributed by atoms with Crippen LogP contribution >= 0.6 is 0 Å². The van der Waals surface area contributed by atoms with E-state index in [9.17, 15) is 18.0 Å². The fourth-order valence-corrected chi connectivity index (χ4v) is 5.86. The maximum atomic E-state index is 13.1. The van der Waals surface area contributed by atoms with Crippen molar-refractivity contribution in [1.29, 1.82) is 0 Å². The molecular formula is C21H29N3O6S. The Morgan fingerprint density at radius 2 is 1.94 bits per heavy atom. The Morgan fingerprint density at radius 3 is 2.68 bits per heavy atom. The molecule has 0 bridgehead atoms. The maximum absolute atomic E-state index is 13.1. The van der Waals surface area contributed by atoms with E-state index in [4.69, 9.17) is 9.47 Å². The molecule has 10 heteroatoms. The van der Waals surface area contributed by atoms with Crippen LogP contribution in [0.5, 0.6) is 5.75 Å². The SMILES string of the molecule is CC[C@H]1CCCCN1C(=O)CN1C(=O)COc2ccc(S(=O)(=O)N3CCOCC3)cc21. The van der Waals surface area contributed by atoms with Crippen molar-refractivity contribution in [1.82, 2.24) is 9.21 Å². The molecule has 3 aliphatic rings. The summed E-state index contributed by atoms with van der Waals surface area (Å²) >= 11 is 0. The van der Waals surface area contributed by atoms with Gasteiger partial charge in [-0.1, -0.05) is 6.92 Å². The molecule has 31 heavy (non-hydrogen) atoms. The second-order valence-corrected chi connectivity index (χ2v) is 10.00. The molecule has 170 valence electrons. The monoisotopic (exact) mass is 451 g/mol. The lowest BCUT2D eigenvalue weighted by molar-refractivity contribution is -0.135. The van der Waals surface area contributed by atoms with Crippen LogP contribution in [0.2, 0.25) is 0 Å². The maximum Gasteiger partial charge on any atom is 0.265 e. The lowest BCUT2D eigenvalue weighted by atomic mass is 10.00. The third-order valence-electron chi connectivity index (χ3n) is 6.19. The fourth-order valence-electron chi connectivity index (χ4n) is 4.43. The van der Waals surface area contributed by atoms with Crippen LogP contribution in [0.15, 0.2) is 23.1 Å². The van der Waals surface area contributed by atoms with E-state index in [0.29, 0.717) is 31.2 Å². The zero-order chi connectivity index (χ0) is 22.0. The van der Waals surface area contributed by atoms with Crippen molar-refractivity contribution in [2.45, 2.75) is 43.5 Å². The minimum atomic E-state index is -3.73. The zero-order valence-electron chi connectivity index (χ0n) is 17.8. The van der Waals surface area contributed by atoms with Crippen LogP contribution in [-0.2, 0) is 24.3 Å². The van der Waals surface area contributed by atoms with Crippen molar-refractivity contribution in [3.8, 4) is 5.75 Å². The second-order valence-electron chi connectivity index (χ2n) is 8.06. The summed E-state index contributed by atoms with van der Waals surface area (Å²) in [5.74, 6) is -0.0694. The van der Waals surface area contributed by atoms with Gasteiger partial charge >= 0.3 is 0 Å². The fraction of sp³-hybridized carbons (Fsp3) is 0.619. The molecule has 3 heterocycles. The van der Waals surface area contributed by atoms with E-state index in [2.05, 4.69) is 6.92 Å². The van der Waals surface area contributed by atoms with Crippen LogP contribution in [0, 0.1) is 0 Å². The van der Waals surface area contributed by atoms with Gasteiger partial charge < -0.3 is 14.4 Å². The lowest BCUT2D eigenvalue weighted by Gasteiger charge is -2.37. The van der Waals surface area contributed by atoms with E-state index < -0.39 is 10.0 Å². The van der Waals surface area contributed by atoms with E-state index in [1.54, 1.807) is 6.07 Å². The van der Waals surface area contributed by atoms with Crippen molar-refractivity contribution in [3.63, 3.8) is 0 Å². The van der Waals surface area contributed by atoms with Gasteiger partial charge in [0.25, 0.3) is 5.91 Å². The summed E-state index contributed by atoms with van der Waals surface area (Å²) in [5.41, 5.74) is 0.323. The summed E-state index contributed by atoms with van der Waals surface area (Å²) in [6.07, 6.45) is 3.90. The predicted molar refractivity (Wildman–Crippen MR) is 114 cm³/mol. The molecule has 9 nitrogen and oxygen atoms in total. The number of rotatable bonds is 5. The molecule has 1 atom stereocenters. The predicted octanol–water partition coefficient (Wildman–Crippen LogP) is 1.22. The summed E-state index contributed by atoms with van der Waals surface area (Å²) in [5, 5.41) is 0. The number of amides is 2. The normalized spacial score (nSPS) is 22.7. The molecular weight excluding hydrogens is 422 g/mol. The number of carbonyl (C=O) groups is 2. The summed E-state index contributed by atoms with van der Waals surface area (Å²) < 4.78 is 38.3. The van der Waals surface area contributed by atoms with Gasteiger partial charge in [-0.2, -0.15) is 4.31 Å². The van der Waals surface area contributed by atoms with Gasteiger partial charge in [0.05, 0.1) is 23.8 Å². The molecule has 2 amide bonds. The third-order valence-corrected chi connectivity index (χ3v) is 8.09. The third kappa shape index (κ3) is 4.42. The number of hydrogen-bond acceptors (Lipinski definition) is 6. The first-order chi connectivity index (χ1) is 14.9. The Bertz CT molecular complexity index is 944. The van der Waals surface area contributed by atoms with Crippen molar-refractivity contribution < 1.29 is 27.5 Å². The highest BCUT2D eigenvalue weighted by atomic mass is 32.2. The molecule has 1 aromatic carbocycles. The van der Waals surface area contributed by atoms with Gasteiger partial charge in [-0.05, 0) is 43.9 Å². The molecule has 0 unspecified atom stereocenters. The van der Waals surface area contributed by atoms with Gasteiger partial charge in [0.2, 0.25) is 15.9 Å². The Kier molecular flexibility index (Phi) is 6.49. The largest absolute Gasteiger partial charge is 0.482 e. The number of hydrogen-bond donors (Lipinski definition) is 0. The average molecular weight is 452 g/mol. The van der Waals surface area contributed by atoms with Crippen LogP contribution in [-0.4, -0.2) is 81.5 Å². The topological polar surface area (TPSA) is 96.5 Å². The van der Waals surface area contributed by atoms with Crippen LogP contribution in [0.25, 0.3) is 0 Å². The van der Waals surface area contributed by atoms with Crippen molar-refractivity contribution in [2.24, 2.45) is 0 Å². The molecule has 3 aliphatic heterocycles. The average Bonchev–Trinajstić information content (AvgIpc) is 2.81. The van der Waals surface area contributed by atoms with Crippen molar-refractivity contribution >= 4 is 27.5 Å². The molecule has 0 aliphatic carbocycles. The van der Waals surface area contributed by atoms with E-state index in [-0.39, 0.29) is 49.0 Å². The Balaban J connectivity index is 1.60. The van der Waals surface area contributed by atoms with E-state index in [1.807, 2.05) is 4.90 Å². The number of carbonyl (C=O) groups excluding carboxylic acids is 2. The minimum Gasteiger partial charge on any atom is -0.482 e. The van der Waals surface area contributed by atoms with E-state index in [0.717, 1.165) is 25.7 Å². The molecule has 0 saturated carbocycles. The molecule has 0 radical (unpaired) electrons. The molecule has 4 rings (SSSR count). The second kappa shape index (κ2) is 9.13. The smallest absolute Gasteiger partial charge is 0.265 e. The van der Waals surface area contributed by atoms with E-state index in [1.165, 1.54) is 21.3 Å². The highest BCUT2D eigenvalue weighted by Crippen LogP contribution is 2.35. The Labute approximate surface area is 182 Å². The van der Waals surface area contributed by atoms with Crippen molar-refractivity contribution in [3.05, 3.63) is 18.2 Å². The first-order valence-corrected chi connectivity index (χ1v) is 12.3. The molecule has 2 fully saturated rings. The number of ether oxygens (including phenoxy) is 2. The highest BCUT2D eigenvalue weighted by Gasteiger charge is 2.34. The molecule has 0 N–H and O–H groups in total. The minimum absolute atomic E-state index is 0.0771. The summed E-state index contributed by atoms with van der Waals surface area (Å²) in [4.78, 5) is 29.0. The number of morpholine rings is 1. The lowest BCUT2D eigenvalue weighted by Crippen LogP contribution is -2.50. The first-order valence-electron chi connectivity index (χ1n) is 10.9. The van der Waals surface area contributed by atoms with Crippen molar-refractivity contribution in [2.75, 3.05) is 50.9 Å². The van der Waals surface area contributed by atoms with Crippen LogP contribution < -0.4 is 9.64 Å². The number of sulfonamides is 1. The molecule has 1 aromatic rings. The summed E-state index contributed by atoms with van der Waals surface area (Å²) in [6.45, 7) is 3.72. The number of fused-ring (bicyclic) bond motifs is 1. The summed E-state index contributed by atoms with van der Waals surface area (Å²) in [7, 11) is -3.73. The standard InChI is InChI=1S/C21H29N3O6S/c1-2-16-5-3-4-8-23(16)20(25)14-24-18-13-17(6-7-19(18)30-15-21(24)26)31(27,28)22-9-11-29-12-10-22/h6-7,13,16H,2-5,8-12,14-15H2,1H3/t16-/m0/s1. The number of nitrogens with zero attached hydrogens (tertiary/aromatic N) is 3. The number of piperidine rings is 1. The zero-order valence-corrected chi connectivity index (χ0v) is 18.6. The highest BCUT2D eigenvalue weighted by molar-refractivity contribution is 7.89. The summed E-state index contributed by atoms with van der Waals surface area (Å²) in [6, 6.07) is 4.67. The number of likely N-dealkylation sites (tertiary alicyclic amines) is 1. The van der Waals surface area contributed by atoms with Gasteiger partial charge in [-0.3, -0.25) is 14.5 Å². The van der Waals surface area contributed by atoms with E-state index >= 15 is 0 Å². The van der Waals surface area contributed by atoms with Gasteiger partial charge in [0.1, 0.15) is 12.3 Å². The Hall–Kier alpha value is -2.17. The van der Waals surface area contributed by atoms with Gasteiger partial charge in [-0.25, -0.2) is 8.42 Å². The van der Waals surface area contributed by atoms with Gasteiger partial charge in [-0.15, -0.1) is 0 Å². The molecule has 0 spiro atoms. The number of benzene rings is 1. The molecule has 0 aromatic heterocycles. The number of anilines is 1. The van der Waals surface area contributed by atoms with Crippen LogP contribution in [0.4, 0.5) is 5.69 Å². The van der Waals surface area contributed by atoms with Crippen LogP contribution in [0.1, 0.15) is 32.6 Å². The Morgan fingerprint density at radius 1 is 1.16 bits per heavy atom. The first kappa shape index (κ1) is 22.0. The van der Waals surface area contributed by atoms with Gasteiger partial charge in [0, 0.05) is 25.7 Å². The van der Waals surface area contributed by atoms with Crippen LogP contribution in [0.3, 0.4) is 0 Å².